The normalized spacial score (nSPS) is 15.0. The smallest absolute Gasteiger partial charge is 0.264 e. The molecule has 5 nitrogen and oxygen atoms in total. The van der Waals surface area contributed by atoms with Gasteiger partial charge in [0.25, 0.3) is 5.91 Å². The van der Waals surface area contributed by atoms with Crippen LogP contribution in [0.25, 0.3) is 21.1 Å². The highest BCUT2D eigenvalue weighted by atomic mass is 32.1. The summed E-state index contributed by atoms with van der Waals surface area (Å²) in [7, 11) is 1.65. The highest BCUT2D eigenvalue weighted by Crippen LogP contribution is 2.30. The molecule has 6 heteroatoms. The van der Waals surface area contributed by atoms with E-state index in [0.29, 0.717) is 0 Å². The van der Waals surface area contributed by atoms with Gasteiger partial charge in [-0.3, -0.25) is 9.69 Å². The number of benzene rings is 2. The zero-order chi connectivity index (χ0) is 20.5. The molecule has 0 aliphatic carbocycles. The number of hydrogen-bond acceptors (Lipinski definition) is 5. The highest BCUT2D eigenvalue weighted by molar-refractivity contribution is 7.20. The Kier molecular flexibility index (Phi) is 5.11. The van der Waals surface area contributed by atoms with Crippen LogP contribution in [0.15, 0.2) is 60.7 Å². The number of methoxy groups -OCH3 is 1. The van der Waals surface area contributed by atoms with Gasteiger partial charge in [-0.05, 0) is 29.8 Å². The number of carbonyl (C=O) groups is 1. The molecule has 1 aliphatic rings. The Labute approximate surface area is 179 Å². The van der Waals surface area contributed by atoms with Crippen LogP contribution in [0.1, 0.15) is 15.2 Å². The van der Waals surface area contributed by atoms with Crippen LogP contribution >= 0.6 is 11.3 Å². The summed E-state index contributed by atoms with van der Waals surface area (Å²) in [6.45, 7) is 4.24. The summed E-state index contributed by atoms with van der Waals surface area (Å²) in [5.74, 6) is 0.898. The third-order valence-corrected chi connectivity index (χ3v) is 6.66. The maximum Gasteiger partial charge on any atom is 0.264 e. The van der Waals surface area contributed by atoms with Crippen LogP contribution in [-0.4, -0.2) is 54.0 Å². The summed E-state index contributed by atoms with van der Waals surface area (Å²) in [5, 5.41) is 2.07. The molecule has 0 saturated carbocycles. The van der Waals surface area contributed by atoms with E-state index in [9.17, 15) is 4.79 Å². The lowest BCUT2D eigenvalue weighted by atomic mass is 10.1. The molecule has 3 heterocycles. The van der Waals surface area contributed by atoms with Gasteiger partial charge in [0, 0.05) is 49.6 Å². The van der Waals surface area contributed by atoms with Crippen molar-refractivity contribution in [3.8, 4) is 5.75 Å². The zero-order valence-corrected chi connectivity index (χ0v) is 17.7. The van der Waals surface area contributed by atoms with Gasteiger partial charge in [0.2, 0.25) is 0 Å². The van der Waals surface area contributed by atoms with Crippen molar-refractivity contribution in [3.63, 3.8) is 0 Å². The van der Waals surface area contributed by atoms with Crippen molar-refractivity contribution in [3.05, 3.63) is 71.1 Å². The number of nitrogens with zero attached hydrogens (tertiary/aromatic N) is 3. The first-order valence-electron chi connectivity index (χ1n) is 10.1. The SMILES string of the molecule is COc1ccc2cc3cc(C(=O)N4CCN(Cc5ccccc5)CC4)sc3nc2c1. The van der Waals surface area contributed by atoms with Gasteiger partial charge in [0.05, 0.1) is 17.5 Å². The average molecular weight is 418 g/mol. The number of amides is 1. The summed E-state index contributed by atoms with van der Waals surface area (Å²) >= 11 is 1.47. The van der Waals surface area contributed by atoms with Gasteiger partial charge in [-0.25, -0.2) is 4.98 Å². The van der Waals surface area contributed by atoms with Crippen LogP contribution in [0.4, 0.5) is 0 Å². The van der Waals surface area contributed by atoms with Crippen LogP contribution in [0.2, 0.25) is 0 Å². The predicted molar refractivity (Wildman–Crippen MR) is 121 cm³/mol. The quantitative estimate of drug-likeness (QED) is 0.493. The Hall–Kier alpha value is -2.96. The molecule has 2 aromatic heterocycles. The second-order valence-corrected chi connectivity index (χ2v) is 8.64. The zero-order valence-electron chi connectivity index (χ0n) is 16.9. The lowest BCUT2D eigenvalue weighted by Crippen LogP contribution is -2.48. The molecule has 1 fully saturated rings. The Bertz CT molecular complexity index is 1200. The van der Waals surface area contributed by atoms with E-state index in [0.717, 1.165) is 64.5 Å². The molecular weight excluding hydrogens is 394 g/mol. The Morgan fingerprint density at radius 2 is 1.80 bits per heavy atom. The standard InChI is InChI=1S/C24H23N3O2S/c1-29-20-8-7-18-13-19-14-22(30-23(19)25-21(18)15-20)24(28)27-11-9-26(10-12-27)16-17-5-3-2-4-6-17/h2-8,13-15H,9-12,16H2,1H3. The molecule has 1 aliphatic heterocycles. The minimum Gasteiger partial charge on any atom is -0.497 e. The van der Waals surface area contributed by atoms with Crippen LogP contribution in [0, 0.1) is 0 Å². The van der Waals surface area contributed by atoms with E-state index in [1.165, 1.54) is 16.9 Å². The van der Waals surface area contributed by atoms with Gasteiger partial charge in [-0.15, -0.1) is 11.3 Å². The lowest BCUT2D eigenvalue weighted by molar-refractivity contribution is 0.0633. The molecule has 0 radical (unpaired) electrons. The molecule has 1 amide bonds. The topological polar surface area (TPSA) is 45.7 Å². The molecule has 2 aromatic carbocycles. The van der Waals surface area contributed by atoms with Crippen molar-refractivity contribution in [1.82, 2.24) is 14.8 Å². The Morgan fingerprint density at radius 3 is 2.57 bits per heavy atom. The molecule has 0 atom stereocenters. The molecule has 4 aromatic rings. The number of thiophene rings is 1. The van der Waals surface area contributed by atoms with Crippen molar-refractivity contribution in [2.45, 2.75) is 6.54 Å². The third kappa shape index (κ3) is 3.76. The first-order valence-corrected chi connectivity index (χ1v) is 11.0. The van der Waals surface area contributed by atoms with Crippen LogP contribution in [0.3, 0.4) is 0 Å². The van der Waals surface area contributed by atoms with Gasteiger partial charge < -0.3 is 9.64 Å². The average Bonchev–Trinajstić information content (AvgIpc) is 3.20. The molecule has 0 N–H and O–H groups in total. The van der Waals surface area contributed by atoms with E-state index in [2.05, 4.69) is 35.2 Å². The monoisotopic (exact) mass is 417 g/mol. The highest BCUT2D eigenvalue weighted by Gasteiger charge is 2.23. The third-order valence-electron chi connectivity index (χ3n) is 5.63. The van der Waals surface area contributed by atoms with Gasteiger partial charge in [-0.1, -0.05) is 30.3 Å². The molecule has 0 bridgehead atoms. The van der Waals surface area contributed by atoms with Crippen molar-refractivity contribution >= 4 is 38.4 Å². The number of ether oxygens (including phenoxy) is 1. The van der Waals surface area contributed by atoms with E-state index < -0.39 is 0 Å². The predicted octanol–water partition coefficient (Wildman–Crippen LogP) is 4.42. The summed E-state index contributed by atoms with van der Waals surface area (Å²) in [4.78, 5) is 23.9. The molecule has 152 valence electrons. The molecule has 5 rings (SSSR count). The van der Waals surface area contributed by atoms with Crippen molar-refractivity contribution in [2.24, 2.45) is 0 Å². The van der Waals surface area contributed by atoms with Crippen LogP contribution < -0.4 is 4.74 Å². The van der Waals surface area contributed by atoms with Crippen molar-refractivity contribution in [2.75, 3.05) is 33.3 Å². The first-order chi connectivity index (χ1) is 14.7. The second-order valence-electron chi connectivity index (χ2n) is 7.61. The maximum atomic E-state index is 13.1. The van der Waals surface area contributed by atoms with E-state index in [1.807, 2.05) is 35.2 Å². The fourth-order valence-corrected chi connectivity index (χ4v) is 4.93. The summed E-state index contributed by atoms with van der Waals surface area (Å²) in [5.41, 5.74) is 2.20. The minimum absolute atomic E-state index is 0.110. The maximum absolute atomic E-state index is 13.1. The van der Waals surface area contributed by atoms with E-state index in [1.54, 1.807) is 7.11 Å². The number of piperazine rings is 1. The summed E-state index contributed by atoms with van der Waals surface area (Å²) in [6.07, 6.45) is 0. The molecule has 0 unspecified atom stereocenters. The summed E-state index contributed by atoms with van der Waals surface area (Å²) < 4.78 is 5.30. The molecular formula is C24H23N3O2S. The van der Waals surface area contributed by atoms with Gasteiger partial charge in [0.15, 0.2) is 0 Å². The van der Waals surface area contributed by atoms with Gasteiger partial charge in [-0.2, -0.15) is 0 Å². The van der Waals surface area contributed by atoms with Crippen molar-refractivity contribution < 1.29 is 9.53 Å². The van der Waals surface area contributed by atoms with Gasteiger partial charge in [0.1, 0.15) is 10.6 Å². The number of carbonyl (C=O) groups excluding carboxylic acids is 1. The minimum atomic E-state index is 0.110. The second kappa shape index (κ2) is 8.05. The lowest BCUT2D eigenvalue weighted by Gasteiger charge is -2.34. The number of hydrogen-bond donors (Lipinski definition) is 0. The fraction of sp³-hybridized carbons (Fsp3) is 0.250. The molecule has 0 spiro atoms. The van der Waals surface area contributed by atoms with Crippen LogP contribution in [0.5, 0.6) is 5.75 Å². The summed E-state index contributed by atoms with van der Waals surface area (Å²) in [6, 6.07) is 20.4. The van der Waals surface area contributed by atoms with E-state index in [-0.39, 0.29) is 5.91 Å². The molecule has 30 heavy (non-hydrogen) atoms. The van der Waals surface area contributed by atoms with Gasteiger partial charge >= 0.3 is 0 Å². The number of aromatic nitrogens is 1. The number of pyridine rings is 1. The molecule has 1 saturated heterocycles. The first kappa shape index (κ1) is 19.0. The number of fused-ring (bicyclic) bond motifs is 2. The Morgan fingerprint density at radius 1 is 1.00 bits per heavy atom. The fourth-order valence-electron chi connectivity index (χ4n) is 3.94. The Balaban J connectivity index is 1.30. The van der Waals surface area contributed by atoms with Crippen LogP contribution in [-0.2, 0) is 6.54 Å². The number of rotatable bonds is 4. The van der Waals surface area contributed by atoms with E-state index >= 15 is 0 Å². The van der Waals surface area contributed by atoms with E-state index in [4.69, 9.17) is 9.72 Å². The largest absolute Gasteiger partial charge is 0.497 e. The van der Waals surface area contributed by atoms with Crippen molar-refractivity contribution in [1.29, 1.82) is 0 Å².